The molecule has 3 rings (SSSR count). The zero-order valence-corrected chi connectivity index (χ0v) is 13.3. The van der Waals surface area contributed by atoms with Gasteiger partial charge in [-0.1, -0.05) is 42.5 Å². The molecule has 1 saturated heterocycles. The number of nitrogens with zero attached hydrogens (tertiary/aromatic N) is 2. The maximum absolute atomic E-state index is 12.8. The third-order valence-corrected chi connectivity index (χ3v) is 4.18. The van der Waals surface area contributed by atoms with Crippen LogP contribution in [0.3, 0.4) is 0 Å². The van der Waals surface area contributed by atoms with Crippen LogP contribution in [0.1, 0.15) is 27.6 Å². The highest BCUT2D eigenvalue weighted by molar-refractivity contribution is 5.98. The lowest BCUT2D eigenvalue weighted by Gasteiger charge is -2.33. The van der Waals surface area contributed by atoms with Crippen molar-refractivity contribution in [1.82, 2.24) is 4.90 Å². The van der Waals surface area contributed by atoms with E-state index in [1.165, 1.54) is 6.07 Å². The molecule has 0 bridgehead atoms. The van der Waals surface area contributed by atoms with Crippen molar-refractivity contribution in [2.24, 2.45) is 0 Å². The highest BCUT2D eigenvalue weighted by Crippen LogP contribution is 2.27. The van der Waals surface area contributed by atoms with Gasteiger partial charge in [0.2, 0.25) is 0 Å². The van der Waals surface area contributed by atoms with E-state index in [9.17, 15) is 14.9 Å². The molecule has 2 aromatic rings. The molecule has 2 aromatic carbocycles. The predicted octanol–water partition coefficient (Wildman–Crippen LogP) is 3.12. The van der Waals surface area contributed by atoms with Gasteiger partial charge in [0.05, 0.1) is 18.1 Å². The van der Waals surface area contributed by atoms with Gasteiger partial charge in [-0.2, -0.15) is 0 Å². The molecule has 1 amide bonds. The first-order chi connectivity index (χ1) is 11.6. The van der Waals surface area contributed by atoms with Crippen LogP contribution in [0.5, 0.6) is 0 Å². The number of ether oxygens (including phenoxy) is 1. The van der Waals surface area contributed by atoms with Crippen molar-refractivity contribution in [3.05, 3.63) is 75.3 Å². The van der Waals surface area contributed by atoms with E-state index in [1.807, 2.05) is 30.3 Å². The van der Waals surface area contributed by atoms with E-state index in [-0.39, 0.29) is 23.3 Å². The molecule has 0 aromatic heterocycles. The second-order valence-corrected chi connectivity index (χ2v) is 5.75. The highest BCUT2D eigenvalue weighted by Gasteiger charge is 2.30. The zero-order valence-electron chi connectivity index (χ0n) is 13.3. The van der Waals surface area contributed by atoms with E-state index in [2.05, 4.69) is 0 Å². The molecule has 6 nitrogen and oxygen atoms in total. The number of morpholine rings is 1. The summed E-state index contributed by atoms with van der Waals surface area (Å²) in [5, 5.41) is 11.3. The predicted molar refractivity (Wildman–Crippen MR) is 88.9 cm³/mol. The summed E-state index contributed by atoms with van der Waals surface area (Å²) >= 11 is 0. The molecular weight excluding hydrogens is 308 g/mol. The van der Waals surface area contributed by atoms with Gasteiger partial charge in [0, 0.05) is 12.1 Å². The third kappa shape index (κ3) is 3.14. The lowest BCUT2D eigenvalue weighted by Crippen LogP contribution is -2.42. The number of benzene rings is 2. The standard InChI is InChI=1S/C18H18N2O4/c1-13-6-5-9-15(17(13)20(22)23)18(21)19-10-11-24-16(12-19)14-7-3-2-4-8-14/h2-9,16H,10-12H2,1H3/t16-/m0/s1. The smallest absolute Gasteiger partial charge is 0.285 e. The third-order valence-electron chi connectivity index (χ3n) is 4.18. The number of carbonyl (C=O) groups is 1. The molecule has 1 aliphatic heterocycles. The Balaban J connectivity index is 1.86. The van der Waals surface area contributed by atoms with Crippen molar-refractivity contribution in [3.8, 4) is 0 Å². The number of rotatable bonds is 3. The molecule has 0 saturated carbocycles. The first-order valence-electron chi connectivity index (χ1n) is 7.77. The number of para-hydroxylation sites is 1. The Bertz CT molecular complexity index is 761. The van der Waals surface area contributed by atoms with Crippen molar-refractivity contribution in [2.75, 3.05) is 19.7 Å². The summed E-state index contributed by atoms with van der Waals surface area (Å²) in [4.78, 5) is 25.3. The minimum Gasteiger partial charge on any atom is -0.370 e. The van der Waals surface area contributed by atoms with E-state index in [0.717, 1.165) is 5.56 Å². The van der Waals surface area contributed by atoms with Gasteiger partial charge < -0.3 is 9.64 Å². The average molecular weight is 326 g/mol. The zero-order chi connectivity index (χ0) is 17.1. The Labute approximate surface area is 139 Å². The van der Waals surface area contributed by atoms with Gasteiger partial charge in [0.1, 0.15) is 11.7 Å². The largest absolute Gasteiger partial charge is 0.370 e. The van der Waals surface area contributed by atoms with E-state index >= 15 is 0 Å². The van der Waals surface area contributed by atoms with Crippen molar-refractivity contribution in [2.45, 2.75) is 13.0 Å². The Morgan fingerprint density at radius 2 is 1.96 bits per heavy atom. The van der Waals surface area contributed by atoms with Gasteiger partial charge in [-0.05, 0) is 18.6 Å². The van der Waals surface area contributed by atoms with Gasteiger partial charge in [-0.25, -0.2) is 0 Å². The van der Waals surface area contributed by atoms with Crippen molar-refractivity contribution < 1.29 is 14.5 Å². The minimum atomic E-state index is -0.488. The first-order valence-corrected chi connectivity index (χ1v) is 7.77. The molecule has 24 heavy (non-hydrogen) atoms. The van der Waals surface area contributed by atoms with Crippen molar-refractivity contribution >= 4 is 11.6 Å². The van der Waals surface area contributed by atoms with E-state index in [4.69, 9.17) is 4.74 Å². The maximum atomic E-state index is 12.8. The van der Waals surface area contributed by atoms with E-state index in [0.29, 0.717) is 25.3 Å². The molecule has 1 atom stereocenters. The molecular formula is C18H18N2O4. The van der Waals surface area contributed by atoms with Crippen LogP contribution in [0.15, 0.2) is 48.5 Å². The second kappa shape index (κ2) is 6.80. The molecule has 1 fully saturated rings. The number of aryl methyl sites for hydroxylation is 1. The molecule has 0 N–H and O–H groups in total. The maximum Gasteiger partial charge on any atom is 0.285 e. The van der Waals surface area contributed by atoms with Crippen LogP contribution in [-0.4, -0.2) is 35.4 Å². The molecule has 0 aliphatic carbocycles. The van der Waals surface area contributed by atoms with Crippen LogP contribution in [-0.2, 0) is 4.74 Å². The average Bonchev–Trinajstić information content (AvgIpc) is 2.61. The Kier molecular flexibility index (Phi) is 4.57. The molecule has 124 valence electrons. The highest BCUT2D eigenvalue weighted by atomic mass is 16.6. The molecule has 0 spiro atoms. The van der Waals surface area contributed by atoms with E-state index in [1.54, 1.807) is 24.0 Å². The molecule has 6 heteroatoms. The molecule has 1 aliphatic rings. The fraction of sp³-hybridized carbons (Fsp3) is 0.278. The monoisotopic (exact) mass is 326 g/mol. The van der Waals surface area contributed by atoms with Crippen LogP contribution in [0.4, 0.5) is 5.69 Å². The Morgan fingerprint density at radius 1 is 1.21 bits per heavy atom. The van der Waals surface area contributed by atoms with Gasteiger partial charge >= 0.3 is 0 Å². The number of nitro benzene ring substituents is 1. The summed E-state index contributed by atoms with van der Waals surface area (Å²) in [7, 11) is 0. The molecule has 0 radical (unpaired) electrons. The summed E-state index contributed by atoms with van der Waals surface area (Å²) in [5.74, 6) is -0.324. The number of nitro groups is 1. The van der Waals surface area contributed by atoms with Crippen LogP contribution in [0.2, 0.25) is 0 Å². The second-order valence-electron chi connectivity index (χ2n) is 5.75. The number of amides is 1. The summed E-state index contributed by atoms with van der Waals surface area (Å²) in [6.45, 7) is 2.85. The molecule has 0 unspecified atom stereocenters. The van der Waals surface area contributed by atoms with Crippen molar-refractivity contribution in [1.29, 1.82) is 0 Å². The van der Waals surface area contributed by atoms with Crippen LogP contribution in [0, 0.1) is 17.0 Å². The minimum absolute atomic E-state index is 0.120. The summed E-state index contributed by atoms with van der Waals surface area (Å²) in [5.41, 5.74) is 1.49. The normalized spacial score (nSPS) is 17.5. The number of carbonyl (C=O) groups excluding carboxylic acids is 1. The summed E-state index contributed by atoms with van der Waals surface area (Å²) < 4.78 is 5.75. The van der Waals surface area contributed by atoms with Crippen LogP contribution in [0.25, 0.3) is 0 Å². The quantitative estimate of drug-likeness (QED) is 0.642. The Hall–Kier alpha value is -2.73. The van der Waals surface area contributed by atoms with Crippen molar-refractivity contribution in [3.63, 3.8) is 0 Å². The Morgan fingerprint density at radius 3 is 2.67 bits per heavy atom. The number of hydrogen-bond donors (Lipinski definition) is 0. The lowest BCUT2D eigenvalue weighted by molar-refractivity contribution is -0.385. The topological polar surface area (TPSA) is 72.7 Å². The van der Waals surface area contributed by atoms with Crippen LogP contribution < -0.4 is 0 Å². The molecule has 1 heterocycles. The fourth-order valence-corrected chi connectivity index (χ4v) is 2.95. The van der Waals surface area contributed by atoms with E-state index < -0.39 is 4.92 Å². The van der Waals surface area contributed by atoms with Crippen LogP contribution >= 0.6 is 0 Å². The lowest BCUT2D eigenvalue weighted by atomic mass is 10.0. The fourth-order valence-electron chi connectivity index (χ4n) is 2.95. The van der Waals surface area contributed by atoms with Gasteiger partial charge in [0.25, 0.3) is 11.6 Å². The summed E-state index contributed by atoms with van der Waals surface area (Å²) in [6.07, 6.45) is -0.215. The van der Waals surface area contributed by atoms with Gasteiger partial charge in [-0.15, -0.1) is 0 Å². The van der Waals surface area contributed by atoms with Gasteiger partial charge in [0.15, 0.2) is 0 Å². The first kappa shape index (κ1) is 16.1. The summed E-state index contributed by atoms with van der Waals surface area (Å²) in [6, 6.07) is 14.5. The SMILES string of the molecule is Cc1cccc(C(=O)N2CCO[C@H](c3ccccc3)C2)c1[N+](=O)[O-]. The number of hydrogen-bond acceptors (Lipinski definition) is 4. The van der Waals surface area contributed by atoms with Gasteiger partial charge in [-0.3, -0.25) is 14.9 Å².